The van der Waals surface area contributed by atoms with Crippen molar-refractivity contribution < 1.29 is 4.92 Å². The summed E-state index contributed by atoms with van der Waals surface area (Å²) in [4.78, 5) is 16.0. The molecule has 0 aliphatic rings. The molecule has 0 saturated carbocycles. The fourth-order valence-corrected chi connectivity index (χ4v) is 3.12. The zero-order chi connectivity index (χ0) is 16.2. The summed E-state index contributed by atoms with van der Waals surface area (Å²) in [6.07, 6.45) is 4.11. The molecular formula is C18H14N2O2S. The van der Waals surface area contributed by atoms with Crippen molar-refractivity contribution in [1.82, 2.24) is 4.98 Å². The van der Waals surface area contributed by atoms with Gasteiger partial charge in [-0.2, -0.15) is 0 Å². The van der Waals surface area contributed by atoms with Gasteiger partial charge < -0.3 is 0 Å². The van der Waals surface area contributed by atoms with Crippen LogP contribution in [-0.4, -0.2) is 9.91 Å². The lowest BCUT2D eigenvalue weighted by Crippen LogP contribution is -1.86. The van der Waals surface area contributed by atoms with E-state index in [1.807, 2.05) is 37.3 Å². The van der Waals surface area contributed by atoms with E-state index >= 15 is 0 Å². The van der Waals surface area contributed by atoms with Crippen LogP contribution in [0.5, 0.6) is 0 Å². The fourth-order valence-electron chi connectivity index (χ4n) is 2.15. The molecule has 1 aromatic heterocycles. The first-order valence-corrected chi connectivity index (χ1v) is 7.90. The van der Waals surface area contributed by atoms with Gasteiger partial charge >= 0.3 is 0 Å². The maximum Gasteiger partial charge on any atom is 0.269 e. The van der Waals surface area contributed by atoms with Crippen LogP contribution in [0.4, 0.5) is 5.69 Å². The molecule has 0 amide bonds. The molecule has 0 N–H and O–H groups in total. The van der Waals surface area contributed by atoms with Crippen molar-refractivity contribution in [2.75, 3.05) is 0 Å². The third-order valence-corrected chi connectivity index (χ3v) is 4.56. The Morgan fingerprint density at radius 3 is 2.39 bits per heavy atom. The number of non-ortho nitro benzene ring substituents is 1. The lowest BCUT2D eigenvalue weighted by Gasteiger charge is -1.95. The molecule has 0 spiro atoms. The highest BCUT2D eigenvalue weighted by Crippen LogP contribution is 2.30. The predicted octanol–water partition coefficient (Wildman–Crippen LogP) is 5.20. The first kappa shape index (κ1) is 15.1. The van der Waals surface area contributed by atoms with Gasteiger partial charge in [0, 0.05) is 17.7 Å². The molecule has 3 aromatic rings. The van der Waals surface area contributed by atoms with Crippen molar-refractivity contribution in [1.29, 1.82) is 0 Å². The summed E-state index contributed by atoms with van der Waals surface area (Å²) in [5.74, 6) is 0. The summed E-state index contributed by atoms with van der Waals surface area (Å²) in [5, 5.41) is 11.6. The van der Waals surface area contributed by atoms with Gasteiger partial charge in [-0.1, -0.05) is 36.4 Å². The summed E-state index contributed by atoms with van der Waals surface area (Å²) in [7, 11) is 0. The normalized spacial score (nSPS) is 11.0. The number of nitro groups is 1. The molecule has 0 saturated heterocycles. The lowest BCUT2D eigenvalue weighted by molar-refractivity contribution is -0.384. The Bertz CT molecular complexity index is 852. The van der Waals surface area contributed by atoms with E-state index in [1.54, 1.807) is 23.5 Å². The molecule has 23 heavy (non-hydrogen) atoms. The summed E-state index contributed by atoms with van der Waals surface area (Å²) in [5.41, 5.74) is 3.07. The van der Waals surface area contributed by atoms with Crippen LogP contribution < -0.4 is 0 Å². The molecule has 0 unspecified atom stereocenters. The second-order valence-electron chi connectivity index (χ2n) is 5.02. The highest BCUT2D eigenvalue weighted by atomic mass is 32.1. The number of nitro benzene ring substituents is 1. The number of aromatic nitrogens is 1. The molecule has 0 fully saturated rings. The number of rotatable bonds is 4. The SMILES string of the molecule is Cc1nc(-c2ccc([N+](=O)[O-])cc2)sc1/C=C/c1ccccc1. The minimum atomic E-state index is -0.398. The van der Waals surface area contributed by atoms with E-state index in [-0.39, 0.29) is 5.69 Å². The Hall–Kier alpha value is -2.79. The monoisotopic (exact) mass is 322 g/mol. The molecular weight excluding hydrogens is 308 g/mol. The van der Waals surface area contributed by atoms with Gasteiger partial charge in [-0.3, -0.25) is 10.1 Å². The standard InChI is InChI=1S/C18H14N2O2S/c1-13-17(12-7-14-5-3-2-4-6-14)23-18(19-13)15-8-10-16(11-9-15)20(21)22/h2-12H,1H3/b12-7+. The van der Waals surface area contributed by atoms with E-state index in [2.05, 4.69) is 17.1 Å². The molecule has 3 rings (SSSR count). The summed E-state index contributed by atoms with van der Waals surface area (Å²) in [6.45, 7) is 1.97. The molecule has 0 aliphatic heterocycles. The second kappa shape index (κ2) is 6.54. The van der Waals surface area contributed by atoms with Crippen molar-refractivity contribution in [3.63, 3.8) is 0 Å². The number of thiazole rings is 1. The molecule has 4 nitrogen and oxygen atoms in total. The molecule has 0 radical (unpaired) electrons. The second-order valence-corrected chi connectivity index (χ2v) is 6.05. The Kier molecular flexibility index (Phi) is 4.30. The molecule has 2 aromatic carbocycles. The Morgan fingerprint density at radius 2 is 1.74 bits per heavy atom. The Balaban J connectivity index is 1.86. The maximum atomic E-state index is 10.7. The van der Waals surface area contributed by atoms with E-state index in [4.69, 9.17) is 0 Å². The molecule has 0 atom stereocenters. The number of hydrogen-bond acceptors (Lipinski definition) is 4. The van der Waals surface area contributed by atoms with E-state index in [1.165, 1.54) is 12.1 Å². The van der Waals surface area contributed by atoms with Crippen LogP contribution in [0.1, 0.15) is 16.1 Å². The smallest absolute Gasteiger partial charge is 0.258 e. The van der Waals surface area contributed by atoms with Crippen LogP contribution in [0, 0.1) is 17.0 Å². The Labute approximate surface area is 137 Å². The zero-order valence-electron chi connectivity index (χ0n) is 12.5. The fraction of sp³-hybridized carbons (Fsp3) is 0.0556. The maximum absolute atomic E-state index is 10.7. The Morgan fingerprint density at radius 1 is 1.04 bits per heavy atom. The van der Waals surface area contributed by atoms with Gasteiger partial charge in [0.1, 0.15) is 5.01 Å². The van der Waals surface area contributed by atoms with Crippen molar-refractivity contribution in [2.45, 2.75) is 6.92 Å². The van der Waals surface area contributed by atoms with Crippen LogP contribution in [-0.2, 0) is 0 Å². The average molecular weight is 322 g/mol. The number of nitrogens with zero attached hydrogens (tertiary/aromatic N) is 2. The highest BCUT2D eigenvalue weighted by molar-refractivity contribution is 7.16. The third kappa shape index (κ3) is 3.52. The molecule has 5 heteroatoms. The molecule has 1 heterocycles. The minimum absolute atomic E-state index is 0.0891. The summed E-state index contributed by atoms with van der Waals surface area (Å²) in [6, 6.07) is 16.6. The van der Waals surface area contributed by atoms with Crippen LogP contribution >= 0.6 is 11.3 Å². The van der Waals surface area contributed by atoms with E-state index in [9.17, 15) is 10.1 Å². The van der Waals surface area contributed by atoms with Gasteiger partial charge in [-0.05, 0) is 30.7 Å². The summed E-state index contributed by atoms with van der Waals surface area (Å²) >= 11 is 1.58. The third-order valence-electron chi connectivity index (χ3n) is 3.38. The van der Waals surface area contributed by atoms with Crippen LogP contribution in [0.2, 0.25) is 0 Å². The average Bonchev–Trinajstić information content (AvgIpc) is 2.95. The first-order valence-electron chi connectivity index (χ1n) is 7.09. The molecule has 0 bridgehead atoms. The van der Waals surface area contributed by atoms with Crippen LogP contribution in [0.3, 0.4) is 0 Å². The van der Waals surface area contributed by atoms with E-state index in [0.29, 0.717) is 0 Å². The number of hydrogen-bond donors (Lipinski definition) is 0. The van der Waals surface area contributed by atoms with Crippen molar-refractivity contribution in [3.8, 4) is 10.6 Å². The highest BCUT2D eigenvalue weighted by Gasteiger charge is 2.10. The number of benzene rings is 2. The van der Waals surface area contributed by atoms with E-state index < -0.39 is 4.92 Å². The van der Waals surface area contributed by atoms with Gasteiger partial charge in [-0.15, -0.1) is 11.3 Å². The van der Waals surface area contributed by atoms with Gasteiger partial charge in [-0.25, -0.2) is 4.98 Å². The van der Waals surface area contributed by atoms with Crippen molar-refractivity contribution in [2.24, 2.45) is 0 Å². The van der Waals surface area contributed by atoms with Gasteiger partial charge in [0.05, 0.1) is 15.5 Å². The van der Waals surface area contributed by atoms with Crippen molar-refractivity contribution in [3.05, 3.63) is 80.8 Å². The quantitative estimate of drug-likeness (QED) is 0.490. The minimum Gasteiger partial charge on any atom is -0.258 e. The predicted molar refractivity (Wildman–Crippen MR) is 94.3 cm³/mol. The lowest BCUT2D eigenvalue weighted by atomic mass is 10.2. The molecule has 0 aliphatic carbocycles. The summed E-state index contributed by atoms with van der Waals surface area (Å²) < 4.78 is 0. The van der Waals surface area contributed by atoms with Crippen molar-refractivity contribution >= 4 is 29.2 Å². The first-order chi connectivity index (χ1) is 11.1. The van der Waals surface area contributed by atoms with Gasteiger partial charge in [0.25, 0.3) is 5.69 Å². The largest absolute Gasteiger partial charge is 0.269 e. The topological polar surface area (TPSA) is 56.0 Å². The van der Waals surface area contributed by atoms with Gasteiger partial charge in [0.15, 0.2) is 0 Å². The van der Waals surface area contributed by atoms with Crippen LogP contribution in [0.15, 0.2) is 54.6 Å². The molecule has 114 valence electrons. The number of aryl methyl sites for hydroxylation is 1. The van der Waals surface area contributed by atoms with Crippen LogP contribution in [0.25, 0.3) is 22.7 Å². The van der Waals surface area contributed by atoms with E-state index in [0.717, 1.165) is 26.7 Å². The zero-order valence-corrected chi connectivity index (χ0v) is 13.3. The van der Waals surface area contributed by atoms with Gasteiger partial charge in [0.2, 0.25) is 0 Å².